The largest absolute Gasteiger partial charge is 0.342 e. The number of rotatable bonds is 6. The van der Waals surface area contributed by atoms with Crippen molar-refractivity contribution in [3.63, 3.8) is 0 Å². The second-order valence-electron chi connectivity index (χ2n) is 5.03. The first-order valence-corrected chi connectivity index (χ1v) is 8.68. The molecule has 1 N–H and O–H groups in total. The molecule has 0 aliphatic carbocycles. The molecule has 1 amide bonds. The van der Waals surface area contributed by atoms with Crippen molar-refractivity contribution >= 4 is 23.3 Å². The highest BCUT2D eigenvalue weighted by Crippen LogP contribution is 2.18. The lowest BCUT2D eigenvalue weighted by Gasteiger charge is -2.17. The smallest absolute Gasteiger partial charge is 0.251 e. The second kappa shape index (κ2) is 7.23. The van der Waals surface area contributed by atoms with Crippen LogP contribution in [0.25, 0.3) is 5.65 Å². The number of aromatic nitrogens is 4. The van der Waals surface area contributed by atoms with Crippen LogP contribution in [-0.4, -0.2) is 37.5 Å². The van der Waals surface area contributed by atoms with E-state index in [0.717, 1.165) is 23.6 Å². The molecular formula is C16H17N5OS. The predicted octanol–water partition coefficient (Wildman–Crippen LogP) is 2.35. The third kappa shape index (κ3) is 3.50. The summed E-state index contributed by atoms with van der Waals surface area (Å²) in [4.78, 5) is 16.4. The van der Waals surface area contributed by atoms with E-state index >= 15 is 0 Å². The van der Waals surface area contributed by atoms with E-state index in [1.165, 1.54) is 0 Å². The van der Waals surface area contributed by atoms with Crippen molar-refractivity contribution in [2.45, 2.75) is 12.5 Å². The van der Waals surface area contributed by atoms with E-state index in [9.17, 15) is 4.79 Å². The Morgan fingerprint density at radius 2 is 2.09 bits per heavy atom. The van der Waals surface area contributed by atoms with Gasteiger partial charge in [-0.2, -0.15) is 11.8 Å². The molecule has 0 bridgehead atoms. The molecule has 3 aromatic rings. The van der Waals surface area contributed by atoms with Gasteiger partial charge in [-0.3, -0.25) is 14.2 Å². The number of fused-ring (bicyclic) bond motifs is 1. The van der Waals surface area contributed by atoms with E-state index < -0.39 is 0 Å². The number of carbonyl (C=O) groups is 1. The molecule has 0 unspecified atom stereocenters. The molecule has 0 aromatic carbocycles. The number of nitrogens with zero attached hydrogens (tertiary/aromatic N) is 4. The van der Waals surface area contributed by atoms with Crippen LogP contribution in [-0.2, 0) is 0 Å². The van der Waals surface area contributed by atoms with E-state index in [1.54, 1.807) is 36.3 Å². The highest BCUT2D eigenvalue weighted by Gasteiger charge is 2.20. The third-order valence-corrected chi connectivity index (χ3v) is 4.15. The quantitative estimate of drug-likeness (QED) is 0.752. The highest BCUT2D eigenvalue weighted by molar-refractivity contribution is 7.98. The third-order valence-electron chi connectivity index (χ3n) is 3.51. The number of thioether (sulfide) groups is 1. The fourth-order valence-corrected chi connectivity index (χ4v) is 2.82. The number of pyridine rings is 2. The van der Waals surface area contributed by atoms with Gasteiger partial charge < -0.3 is 5.32 Å². The summed E-state index contributed by atoms with van der Waals surface area (Å²) in [5, 5.41) is 11.5. The van der Waals surface area contributed by atoms with E-state index in [2.05, 4.69) is 20.5 Å². The Labute approximate surface area is 138 Å². The molecule has 1 atom stereocenters. The predicted molar refractivity (Wildman–Crippen MR) is 90.4 cm³/mol. The van der Waals surface area contributed by atoms with Crippen LogP contribution in [0.1, 0.15) is 28.6 Å². The van der Waals surface area contributed by atoms with E-state index in [4.69, 9.17) is 0 Å². The SMILES string of the molecule is CSCC[C@H](NC(=O)c1ccncc1)c1nnc2ccccn12. The maximum absolute atomic E-state index is 12.4. The summed E-state index contributed by atoms with van der Waals surface area (Å²) in [5.74, 6) is 1.53. The lowest BCUT2D eigenvalue weighted by molar-refractivity contribution is 0.0933. The fraction of sp³-hybridized carbons (Fsp3) is 0.250. The topological polar surface area (TPSA) is 72.2 Å². The van der Waals surface area contributed by atoms with Gasteiger partial charge in [0.2, 0.25) is 0 Å². The molecule has 0 saturated heterocycles. The van der Waals surface area contributed by atoms with Crippen LogP contribution in [0.3, 0.4) is 0 Å². The van der Waals surface area contributed by atoms with Gasteiger partial charge in [-0.25, -0.2) is 0 Å². The van der Waals surface area contributed by atoms with Gasteiger partial charge in [0, 0.05) is 24.2 Å². The van der Waals surface area contributed by atoms with Gasteiger partial charge in [-0.05, 0) is 42.7 Å². The molecule has 3 rings (SSSR count). The fourth-order valence-electron chi connectivity index (χ4n) is 2.34. The Hall–Kier alpha value is -2.41. The number of nitrogens with one attached hydrogen (secondary N) is 1. The van der Waals surface area contributed by atoms with E-state index in [1.807, 2.05) is 35.1 Å². The van der Waals surface area contributed by atoms with E-state index in [0.29, 0.717) is 5.56 Å². The summed E-state index contributed by atoms with van der Waals surface area (Å²) in [6.45, 7) is 0. The van der Waals surface area contributed by atoms with Crippen molar-refractivity contribution in [3.8, 4) is 0 Å². The summed E-state index contributed by atoms with van der Waals surface area (Å²) in [7, 11) is 0. The monoisotopic (exact) mass is 327 g/mol. The van der Waals surface area contributed by atoms with E-state index in [-0.39, 0.29) is 11.9 Å². The summed E-state index contributed by atoms with van der Waals surface area (Å²) in [6.07, 6.45) is 7.96. The van der Waals surface area contributed by atoms with Crippen molar-refractivity contribution in [2.24, 2.45) is 0 Å². The molecule has 0 spiro atoms. The summed E-state index contributed by atoms with van der Waals surface area (Å²) in [6, 6.07) is 8.94. The maximum Gasteiger partial charge on any atom is 0.251 e. The van der Waals surface area contributed by atoms with Crippen LogP contribution in [0.15, 0.2) is 48.9 Å². The average Bonchev–Trinajstić information content (AvgIpc) is 3.03. The molecule has 0 aliphatic heterocycles. The van der Waals surface area contributed by atoms with Crippen molar-refractivity contribution < 1.29 is 4.79 Å². The Kier molecular flexibility index (Phi) is 4.87. The van der Waals surface area contributed by atoms with Crippen molar-refractivity contribution in [3.05, 3.63) is 60.3 Å². The Morgan fingerprint density at radius 1 is 1.26 bits per heavy atom. The Balaban J connectivity index is 1.87. The van der Waals surface area contributed by atoms with Crippen LogP contribution in [0.4, 0.5) is 0 Å². The molecule has 3 heterocycles. The molecule has 3 aromatic heterocycles. The van der Waals surface area contributed by atoms with Crippen molar-refractivity contribution in [1.29, 1.82) is 0 Å². The summed E-state index contributed by atoms with van der Waals surface area (Å²) < 4.78 is 1.91. The molecular weight excluding hydrogens is 310 g/mol. The van der Waals surface area contributed by atoms with Gasteiger partial charge in [0.15, 0.2) is 11.5 Å². The number of carbonyl (C=O) groups excluding carboxylic acids is 1. The van der Waals surface area contributed by atoms with Gasteiger partial charge in [0.05, 0.1) is 6.04 Å². The number of hydrogen-bond donors (Lipinski definition) is 1. The zero-order valence-corrected chi connectivity index (χ0v) is 13.5. The van der Waals surface area contributed by atoms with Crippen LogP contribution >= 0.6 is 11.8 Å². The first kappa shape index (κ1) is 15.5. The summed E-state index contributed by atoms with van der Waals surface area (Å²) >= 11 is 1.74. The van der Waals surface area contributed by atoms with Crippen molar-refractivity contribution in [2.75, 3.05) is 12.0 Å². The van der Waals surface area contributed by atoms with Crippen LogP contribution < -0.4 is 5.32 Å². The molecule has 7 heteroatoms. The van der Waals surface area contributed by atoms with Crippen LogP contribution in [0, 0.1) is 0 Å². The van der Waals surface area contributed by atoms with Gasteiger partial charge in [-0.1, -0.05) is 6.07 Å². The molecule has 23 heavy (non-hydrogen) atoms. The molecule has 0 radical (unpaired) electrons. The number of amides is 1. The van der Waals surface area contributed by atoms with Gasteiger partial charge in [0.1, 0.15) is 0 Å². The second-order valence-corrected chi connectivity index (χ2v) is 6.02. The minimum atomic E-state index is -0.194. The standard InChI is InChI=1S/C16H17N5OS/c1-23-11-7-13(18-16(22)12-5-8-17-9-6-12)15-20-19-14-4-2-3-10-21(14)15/h2-6,8-10,13H,7,11H2,1H3,(H,18,22)/t13-/m0/s1. The van der Waals surface area contributed by atoms with Gasteiger partial charge >= 0.3 is 0 Å². The zero-order valence-electron chi connectivity index (χ0n) is 12.7. The molecule has 6 nitrogen and oxygen atoms in total. The Bertz CT molecular complexity index is 789. The lowest BCUT2D eigenvalue weighted by atomic mass is 10.1. The van der Waals surface area contributed by atoms with Crippen LogP contribution in [0.2, 0.25) is 0 Å². The molecule has 118 valence electrons. The first-order valence-electron chi connectivity index (χ1n) is 7.29. The molecule has 0 saturated carbocycles. The highest BCUT2D eigenvalue weighted by atomic mass is 32.2. The number of hydrogen-bond acceptors (Lipinski definition) is 5. The average molecular weight is 327 g/mol. The molecule has 0 aliphatic rings. The molecule has 0 fully saturated rings. The zero-order chi connectivity index (χ0) is 16.1. The minimum absolute atomic E-state index is 0.133. The normalized spacial score (nSPS) is 12.2. The first-order chi connectivity index (χ1) is 11.3. The van der Waals surface area contributed by atoms with Crippen LogP contribution in [0.5, 0.6) is 0 Å². The minimum Gasteiger partial charge on any atom is -0.342 e. The van der Waals surface area contributed by atoms with Gasteiger partial charge in [0.25, 0.3) is 5.91 Å². The van der Waals surface area contributed by atoms with Crippen molar-refractivity contribution in [1.82, 2.24) is 24.9 Å². The maximum atomic E-state index is 12.4. The lowest BCUT2D eigenvalue weighted by Crippen LogP contribution is -2.30. The van der Waals surface area contributed by atoms with Gasteiger partial charge in [-0.15, -0.1) is 10.2 Å². The summed E-state index contributed by atoms with van der Waals surface area (Å²) in [5.41, 5.74) is 1.36. The Morgan fingerprint density at radius 3 is 2.87 bits per heavy atom.